The Bertz CT molecular complexity index is 410. The molecule has 1 aliphatic rings. The normalized spacial score (nSPS) is 33.7. The molecule has 4 heteroatoms. The molecule has 2 unspecified atom stereocenters. The standard InChI is InChI=1S/C13H16F2O2/c1-8-6-13(16,7-9(2)17-8)10-4-3-5-11(14)12(10)15/h3-5,8-9,16H,6-7H2,1-2H3. The van der Waals surface area contributed by atoms with Crippen molar-refractivity contribution < 1.29 is 18.6 Å². The lowest BCUT2D eigenvalue weighted by molar-refractivity contribution is -0.137. The lowest BCUT2D eigenvalue weighted by Crippen LogP contribution is -2.41. The van der Waals surface area contributed by atoms with Crippen LogP contribution >= 0.6 is 0 Å². The van der Waals surface area contributed by atoms with Crippen LogP contribution in [0.15, 0.2) is 18.2 Å². The third-order valence-corrected chi connectivity index (χ3v) is 3.17. The molecule has 0 bridgehead atoms. The molecule has 2 atom stereocenters. The zero-order chi connectivity index (χ0) is 12.6. The molecule has 0 aliphatic carbocycles. The first-order valence-corrected chi connectivity index (χ1v) is 5.75. The van der Waals surface area contributed by atoms with Gasteiger partial charge in [-0.25, -0.2) is 8.78 Å². The highest BCUT2D eigenvalue weighted by Gasteiger charge is 2.40. The maximum atomic E-state index is 13.7. The molecular formula is C13H16F2O2. The summed E-state index contributed by atoms with van der Waals surface area (Å²) in [4.78, 5) is 0. The monoisotopic (exact) mass is 242 g/mol. The van der Waals surface area contributed by atoms with E-state index >= 15 is 0 Å². The van der Waals surface area contributed by atoms with Gasteiger partial charge in [0.05, 0.1) is 17.8 Å². The molecule has 1 N–H and O–H groups in total. The second kappa shape index (κ2) is 4.35. The first-order valence-electron chi connectivity index (χ1n) is 5.75. The van der Waals surface area contributed by atoms with Gasteiger partial charge in [-0.05, 0) is 19.9 Å². The van der Waals surface area contributed by atoms with Crippen LogP contribution in [0.4, 0.5) is 8.78 Å². The van der Waals surface area contributed by atoms with Gasteiger partial charge in [-0.1, -0.05) is 12.1 Å². The van der Waals surface area contributed by atoms with Gasteiger partial charge in [-0.3, -0.25) is 0 Å². The summed E-state index contributed by atoms with van der Waals surface area (Å²) in [5.74, 6) is -1.89. The minimum atomic E-state index is -1.34. The Balaban J connectivity index is 2.40. The second-order valence-electron chi connectivity index (χ2n) is 4.80. The lowest BCUT2D eigenvalue weighted by atomic mass is 9.81. The summed E-state index contributed by atoms with van der Waals surface area (Å²) in [5, 5.41) is 10.5. The molecule has 2 rings (SSSR count). The van der Waals surface area contributed by atoms with E-state index in [0.717, 1.165) is 6.07 Å². The second-order valence-corrected chi connectivity index (χ2v) is 4.80. The molecule has 0 saturated carbocycles. The molecule has 17 heavy (non-hydrogen) atoms. The van der Waals surface area contributed by atoms with E-state index < -0.39 is 17.2 Å². The molecule has 1 fully saturated rings. The Labute approximate surface area is 99.2 Å². The first-order chi connectivity index (χ1) is 7.92. The number of ether oxygens (including phenoxy) is 1. The Morgan fingerprint density at radius 2 is 1.82 bits per heavy atom. The maximum absolute atomic E-state index is 13.7. The van der Waals surface area contributed by atoms with E-state index in [1.54, 1.807) is 0 Å². The fourth-order valence-electron chi connectivity index (χ4n) is 2.61. The lowest BCUT2D eigenvalue weighted by Gasteiger charge is -2.39. The topological polar surface area (TPSA) is 29.5 Å². The molecule has 1 aromatic rings. The van der Waals surface area contributed by atoms with Gasteiger partial charge >= 0.3 is 0 Å². The van der Waals surface area contributed by atoms with Crippen LogP contribution in [0.1, 0.15) is 32.3 Å². The van der Waals surface area contributed by atoms with Crippen LogP contribution in [0.5, 0.6) is 0 Å². The Morgan fingerprint density at radius 1 is 1.24 bits per heavy atom. The van der Waals surface area contributed by atoms with Crippen molar-refractivity contribution in [1.29, 1.82) is 0 Å². The van der Waals surface area contributed by atoms with Gasteiger partial charge in [0.25, 0.3) is 0 Å². The third kappa shape index (κ3) is 2.33. The number of hydrogen-bond donors (Lipinski definition) is 1. The quantitative estimate of drug-likeness (QED) is 0.820. The number of aliphatic hydroxyl groups is 1. The van der Waals surface area contributed by atoms with E-state index in [1.807, 2.05) is 13.8 Å². The van der Waals surface area contributed by atoms with E-state index in [9.17, 15) is 13.9 Å². The van der Waals surface area contributed by atoms with Gasteiger partial charge in [0.15, 0.2) is 11.6 Å². The summed E-state index contributed by atoms with van der Waals surface area (Å²) in [7, 11) is 0. The smallest absolute Gasteiger partial charge is 0.164 e. The molecule has 0 radical (unpaired) electrons. The van der Waals surface area contributed by atoms with E-state index in [1.165, 1.54) is 12.1 Å². The van der Waals surface area contributed by atoms with E-state index in [4.69, 9.17) is 4.74 Å². The maximum Gasteiger partial charge on any atom is 0.164 e. The Hall–Kier alpha value is -1.00. The average Bonchev–Trinajstić information content (AvgIpc) is 2.19. The molecule has 1 aromatic carbocycles. The van der Waals surface area contributed by atoms with E-state index in [2.05, 4.69) is 0 Å². The summed E-state index contributed by atoms with van der Waals surface area (Å²) >= 11 is 0. The highest BCUT2D eigenvalue weighted by Crippen LogP contribution is 2.38. The van der Waals surface area contributed by atoms with Crippen molar-refractivity contribution in [2.24, 2.45) is 0 Å². The highest BCUT2D eigenvalue weighted by atomic mass is 19.2. The largest absolute Gasteiger partial charge is 0.385 e. The fraction of sp³-hybridized carbons (Fsp3) is 0.538. The van der Waals surface area contributed by atoms with Gasteiger partial charge in [0.1, 0.15) is 0 Å². The number of benzene rings is 1. The van der Waals surface area contributed by atoms with Crippen molar-refractivity contribution in [3.05, 3.63) is 35.4 Å². The number of hydrogen-bond acceptors (Lipinski definition) is 2. The zero-order valence-corrected chi connectivity index (χ0v) is 9.91. The van der Waals surface area contributed by atoms with Crippen LogP contribution in [0.25, 0.3) is 0 Å². The minimum absolute atomic E-state index is 0.0273. The molecule has 1 heterocycles. The predicted molar refractivity (Wildman–Crippen MR) is 59.5 cm³/mol. The van der Waals surface area contributed by atoms with Crippen molar-refractivity contribution >= 4 is 0 Å². The Kier molecular flexibility index (Phi) is 3.19. The van der Waals surface area contributed by atoms with Gasteiger partial charge in [0, 0.05) is 18.4 Å². The first kappa shape index (κ1) is 12.5. The molecule has 1 saturated heterocycles. The van der Waals surface area contributed by atoms with Crippen molar-refractivity contribution in [2.75, 3.05) is 0 Å². The van der Waals surface area contributed by atoms with Crippen LogP contribution in [0.2, 0.25) is 0 Å². The van der Waals surface area contributed by atoms with Crippen LogP contribution in [-0.4, -0.2) is 17.3 Å². The molecule has 0 aromatic heterocycles. The van der Waals surface area contributed by atoms with Crippen molar-refractivity contribution in [3.8, 4) is 0 Å². The van der Waals surface area contributed by atoms with Crippen molar-refractivity contribution in [1.82, 2.24) is 0 Å². The van der Waals surface area contributed by atoms with Gasteiger partial charge in [-0.15, -0.1) is 0 Å². The average molecular weight is 242 g/mol. The summed E-state index contributed by atoms with van der Waals surface area (Å²) in [6.07, 6.45) is 0.202. The van der Waals surface area contributed by atoms with Crippen LogP contribution in [-0.2, 0) is 10.3 Å². The molecule has 2 nitrogen and oxygen atoms in total. The van der Waals surface area contributed by atoms with E-state index in [-0.39, 0.29) is 30.6 Å². The fourth-order valence-corrected chi connectivity index (χ4v) is 2.61. The van der Waals surface area contributed by atoms with Gasteiger partial charge < -0.3 is 9.84 Å². The van der Waals surface area contributed by atoms with Gasteiger partial charge in [-0.2, -0.15) is 0 Å². The van der Waals surface area contributed by atoms with Crippen LogP contribution in [0, 0.1) is 11.6 Å². The van der Waals surface area contributed by atoms with Crippen molar-refractivity contribution in [2.45, 2.75) is 44.5 Å². The zero-order valence-electron chi connectivity index (χ0n) is 9.91. The molecular weight excluding hydrogens is 226 g/mol. The molecule has 1 aliphatic heterocycles. The SMILES string of the molecule is CC1CC(O)(c2cccc(F)c2F)CC(C)O1. The molecule has 94 valence electrons. The summed E-state index contributed by atoms with van der Waals surface area (Å²) in [6, 6.07) is 3.90. The molecule has 0 amide bonds. The van der Waals surface area contributed by atoms with E-state index in [0.29, 0.717) is 0 Å². The summed E-state index contributed by atoms with van der Waals surface area (Å²) < 4.78 is 32.4. The van der Waals surface area contributed by atoms with Gasteiger partial charge in [0.2, 0.25) is 0 Å². The highest BCUT2D eigenvalue weighted by molar-refractivity contribution is 5.26. The minimum Gasteiger partial charge on any atom is -0.385 e. The summed E-state index contributed by atoms with van der Waals surface area (Å²) in [6.45, 7) is 3.63. The Morgan fingerprint density at radius 3 is 2.41 bits per heavy atom. The number of rotatable bonds is 1. The van der Waals surface area contributed by atoms with Crippen LogP contribution < -0.4 is 0 Å². The third-order valence-electron chi connectivity index (χ3n) is 3.17. The van der Waals surface area contributed by atoms with Crippen LogP contribution in [0.3, 0.4) is 0 Å². The van der Waals surface area contributed by atoms with Crippen molar-refractivity contribution in [3.63, 3.8) is 0 Å². The predicted octanol–water partition coefficient (Wildman–Crippen LogP) is 2.74. The summed E-state index contributed by atoms with van der Waals surface area (Å²) in [5.41, 5.74) is -1.32. The number of halogens is 2. The molecule has 0 spiro atoms.